The van der Waals surface area contributed by atoms with E-state index in [1.54, 1.807) is 49.4 Å². The normalized spacial score (nSPS) is 20.8. The molecule has 0 saturated carbocycles. The quantitative estimate of drug-likeness (QED) is 0.774. The Bertz CT molecular complexity index is 962. The van der Waals surface area contributed by atoms with Gasteiger partial charge in [-0.1, -0.05) is 24.3 Å². The molecule has 1 saturated heterocycles. The smallest absolute Gasteiger partial charge is 0.325 e. The summed E-state index contributed by atoms with van der Waals surface area (Å²) in [5, 5.41) is 5.37. The third-order valence-corrected chi connectivity index (χ3v) is 4.96. The molecule has 4 amide bonds. The highest BCUT2D eigenvalue weighted by molar-refractivity contribution is 6.10. The predicted octanol–water partition coefficient (Wildman–Crippen LogP) is 2.25. The number of imide groups is 1. The molecule has 29 heavy (non-hydrogen) atoms. The van der Waals surface area contributed by atoms with Crippen molar-refractivity contribution in [3.8, 4) is 11.5 Å². The molecule has 0 aliphatic carbocycles. The van der Waals surface area contributed by atoms with Crippen LogP contribution in [0.2, 0.25) is 0 Å². The third kappa shape index (κ3) is 3.61. The minimum Gasteiger partial charge on any atom is -0.490 e. The van der Waals surface area contributed by atoms with Crippen LogP contribution in [-0.2, 0) is 15.1 Å². The van der Waals surface area contributed by atoms with Crippen LogP contribution < -0.4 is 20.1 Å². The van der Waals surface area contributed by atoms with Gasteiger partial charge in [0.15, 0.2) is 11.5 Å². The van der Waals surface area contributed by atoms with Gasteiger partial charge >= 0.3 is 6.03 Å². The van der Waals surface area contributed by atoms with Crippen molar-refractivity contribution in [3.63, 3.8) is 0 Å². The Hall–Kier alpha value is -3.55. The molecule has 2 aliphatic heterocycles. The van der Waals surface area contributed by atoms with E-state index >= 15 is 0 Å². The fourth-order valence-corrected chi connectivity index (χ4v) is 3.38. The maximum Gasteiger partial charge on any atom is 0.325 e. The lowest BCUT2D eigenvalue weighted by atomic mass is 9.91. The van der Waals surface area contributed by atoms with E-state index in [9.17, 15) is 14.4 Å². The summed E-state index contributed by atoms with van der Waals surface area (Å²) in [5.41, 5.74) is -0.143. The topological polar surface area (TPSA) is 97.0 Å². The van der Waals surface area contributed by atoms with Crippen LogP contribution in [0.1, 0.15) is 18.9 Å². The number of carbonyl (C=O) groups excluding carboxylic acids is 3. The molecule has 2 aromatic rings. The molecular weight excluding hydrogens is 374 g/mol. The summed E-state index contributed by atoms with van der Waals surface area (Å²) in [4.78, 5) is 38.7. The number of nitrogens with one attached hydrogen (secondary N) is 2. The van der Waals surface area contributed by atoms with Crippen molar-refractivity contribution in [1.82, 2.24) is 10.2 Å². The van der Waals surface area contributed by atoms with E-state index in [4.69, 9.17) is 9.47 Å². The average molecular weight is 395 g/mol. The lowest BCUT2D eigenvalue weighted by Gasteiger charge is -2.23. The lowest BCUT2D eigenvalue weighted by Crippen LogP contribution is -2.42. The van der Waals surface area contributed by atoms with E-state index in [0.717, 1.165) is 11.3 Å². The molecule has 2 aliphatic rings. The van der Waals surface area contributed by atoms with Crippen molar-refractivity contribution in [3.05, 3.63) is 54.1 Å². The predicted molar refractivity (Wildman–Crippen MR) is 105 cm³/mol. The number of ether oxygens (including phenoxy) is 2. The van der Waals surface area contributed by atoms with Crippen LogP contribution in [0, 0.1) is 0 Å². The Morgan fingerprint density at radius 2 is 1.83 bits per heavy atom. The molecule has 1 fully saturated rings. The van der Waals surface area contributed by atoms with Crippen LogP contribution in [0.5, 0.6) is 11.5 Å². The maximum absolute atomic E-state index is 13.1. The molecule has 8 nitrogen and oxygen atoms in total. The SMILES string of the molecule is CC1(c2ccc3c(c2)OCCCO3)NC(=O)N(CC(=O)Nc2ccccc2)C1=O. The zero-order chi connectivity index (χ0) is 20.4. The number of para-hydroxylation sites is 1. The Morgan fingerprint density at radius 3 is 2.59 bits per heavy atom. The van der Waals surface area contributed by atoms with Gasteiger partial charge in [-0.2, -0.15) is 0 Å². The number of carbonyl (C=O) groups is 3. The number of amides is 4. The zero-order valence-corrected chi connectivity index (χ0v) is 15.9. The molecule has 0 spiro atoms. The Labute approximate surface area is 167 Å². The van der Waals surface area contributed by atoms with E-state index in [1.807, 2.05) is 6.07 Å². The number of benzene rings is 2. The summed E-state index contributed by atoms with van der Waals surface area (Å²) < 4.78 is 11.3. The fraction of sp³-hybridized carbons (Fsp3) is 0.286. The molecular formula is C21H21N3O5. The number of hydrogen-bond donors (Lipinski definition) is 2. The standard InChI is InChI=1S/C21H21N3O5/c1-21(14-8-9-16-17(12-14)29-11-5-10-28-16)19(26)24(20(27)23-21)13-18(25)22-15-6-3-2-4-7-15/h2-4,6-9,12H,5,10-11,13H2,1H3,(H,22,25)(H,23,27). The van der Waals surface area contributed by atoms with Gasteiger partial charge in [-0.05, 0) is 36.8 Å². The molecule has 150 valence electrons. The number of anilines is 1. The summed E-state index contributed by atoms with van der Waals surface area (Å²) in [5.74, 6) is 0.178. The molecule has 8 heteroatoms. The number of rotatable bonds is 4. The molecule has 0 bridgehead atoms. The Balaban J connectivity index is 1.52. The maximum atomic E-state index is 13.1. The zero-order valence-electron chi connectivity index (χ0n) is 15.9. The van der Waals surface area contributed by atoms with Crippen LogP contribution in [-0.4, -0.2) is 42.5 Å². The first kappa shape index (κ1) is 18.8. The molecule has 1 atom stereocenters. The van der Waals surface area contributed by atoms with E-state index in [1.165, 1.54) is 0 Å². The first-order valence-electron chi connectivity index (χ1n) is 9.36. The van der Waals surface area contributed by atoms with Gasteiger partial charge in [-0.25, -0.2) is 4.79 Å². The fourth-order valence-electron chi connectivity index (χ4n) is 3.38. The van der Waals surface area contributed by atoms with Crippen molar-refractivity contribution in [2.45, 2.75) is 18.9 Å². The van der Waals surface area contributed by atoms with Crippen molar-refractivity contribution in [2.24, 2.45) is 0 Å². The van der Waals surface area contributed by atoms with Crippen molar-refractivity contribution in [2.75, 3.05) is 25.1 Å². The highest BCUT2D eigenvalue weighted by atomic mass is 16.5. The van der Waals surface area contributed by atoms with Gasteiger partial charge in [0.1, 0.15) is 12.1 Å². The van der Waals surface area contributed by atoms with Gasteiger partial charge in [0.05, 0.1) is 13.2 Å². The number of nitrogens with zero attached hydrogens (tertiary/aromatic N) is 1. The first-order valence-corrected chi connectivity index (χ1v) is 9.36. The second-order valence-electron chi connectivity index (χ2n) is 7.07. The summed E-state index contributed by atoms with van der Waals surface area (Å²) in [6.07, 6.45) is 0.765. The van der Waals surface area contributed by atoms with Crippen molar-refractivity contribution >= 4 is 23.5 Å². The van der Waals surface area contributed by atoms with Crippen molar-refractivity contribution < 1.29 is 23.9 Å². The van der Waals surface area contributed by atoms with E-state index in [2.05, 4.69) is 10.6 Å². The van der Waals surface area contributed by atoms with Crippen LogP contribution >= 0.6 is 0 Å². The third-order valence-electron chi connectivity index (χ3n) is 4.96. The molecule has 2 N–H and O–H groups in total. The monoisotopic (exact) mass is 395 g/mol. The molecule has 4 rings (SSSR count). The second-order valence-corrected chi connectivity index (χ2v) is 7.07. The minimum absolute atomic E-state index is 0.375. The highest BCUT2D eigenvalue weighted by Crippen LogP contribution is 2.36. The van der Waals surface area contributed by atoms with E-state index in [0.29, 0.717) is 36.0 Å². The van der Waals surface area contributed by atoms with Gasteiger partial charge in [0, 0.05) is 12.1 Å². The van der Waals surface area contributed by atoms with Gasteiger partial charge < -0.3 is 20.1 Å². The van der Waals surface area contributed by atoms with Gasteiger partial charge in [0.2, 0.25) is 5.91 Å². The molecule has 2 aromatic carbocycles. The average Bonchev–Trinajstić information content (AvgIpc) is 2.88. The largest absolute Gasteiger partial charge is 0.490 e. The number of fused-ring (bicyclic) bond motifs is 1. The summed E-state index contributed by atoms with van der Waals surface area (Å²) in [6.45, 7) is 2.31. The lowest BCUT2D eigenvalue weighted by molar-refractivity contribution is -0.133. The second kappa shape index (κ2) is 7.46. The number of urea groups is 1. The first-order chi connectivity index (χ1) is 14.0. The minimum atomic E-state index is -1.30. The van der Waals surface area contributed by atoms with Gasteiger partial charge in [-0.15, -0.1) is 0 Å². The van der Waals surface area contributed by atoms with Crippen LogP contribution in [0.3, 0.4) is 0 Å². The molecule has 2 heterocycles. The number of hydrogen-bond acceptors (Lipinski definition) is 5. The molecule has 0 radical (unpaired) electrons. The van der Waals surface area contributed by atoms with E-state index in [-0.39, 0.29) is 6.54 Å². The van der Waals surface area contributed by atoms with E-state index < -0.39 is 23.4 Å². The summed E-state index contributed by atoms with van der Waals surface area (Å²) >= 11 is 0. The van der Waals surface area contributed by atoms with Crippen molar-refractivity contribution in [1.29, 1.82) is 0 Å². The van der Waals surface area contributed by atoms with Crippen LogP contribution in [0.25, 0.3) is 0 Å². The van der Waals surface area contributed by atoms with Gasteiger partial charge in [-0.3, -0.25) is 14.5 Å². The van der Waals surface area contributed by atoms with Crippen LogP contribution in [0.4, 0.5) is 10.5 Å². The summed E-state index contributed by atoms with van der Waals surface area (Å²) in [6, 6.07) is 13.4. The molecule has 0 aromatic heterocycles. The highest BCUT2D eigenvalue weighted by Gasteiger charge is 2.49. The summed E-state index contributed by atoms with van der Waals surface area (Å²) in [7, 11) is 0. The van der Waals surface area contributed by atoms with Crippen LogP contribution in [0.15, 0.2) is 48.5 Å². The Morgan fingerprint density at radius 1 is 1.10 bits per heavy atom. The Kier molecular flexibility index (Phi) is 4.84. The molecule has 1 unspecified atom stereocenters. The van der Waals surface area contributed by atoms with Gasteiger partial charge in [0.25, 0.3) is 5.91 Å².